The Kier molecular flexibility index (Phi) is 4.83. The van der Waals surface area contributed by atoms with Crippen LogP contribution in [-0.4, -0.2) is 16.7 Å². The molecule has 2 saturated carbocycles. The largest absolute Gasteiger partial charge is 0.356 e. The first kappa shape index (κ1) is 22.8. The minimum atomic E-state index is 0.221. The molecule has 3 fully saturated rings. The van der Waals surface area contributed by atoms with Crippen molar-refractivity contribution in [3.8, 4) is 6.07 Å². The SMILES string of the molecule is N#Cc1ccccc1N1C2C=CC=CC2C2C=C(n3c4c(c5ccccc53)C(C3CCC5CC53)=CCC4)C=CC21. The van der Waals surface area contributed by atoms with E-state index in [-0.39, 0.29) is 12.1 Å². The first-order valence-corrected chi connectivity index (χ1v) is 15.2. The number of fused-ring (bicyclic) bond motifs is 7. The molecule has 5 aliphatic carbocycles. The van der Waals surface area contributed by atoms with Gasteiger partial charge in [0.15, 0.2) is 0 Å². The Labute approximate surface area is 236 Å². The first-order valence-electron chi connectivity index (χ1n) is 15.2. The van der Waals surface area contributed by atoms with Gasteiger partial charge in [0.25, 0.3) is 0 Å². The number of hydrogen-bond acceptors (Lipinski definition) is 2. The maximum absolute atomic E-state index is 9.92. The van der Waals surface area contributed by atoms with E-state index in [1.54, 1.807) is 11.1 Å². The summed E-state index contributed by atoms with van der Waals surface area (Å²) >= 11 is 0. The fourth-order valence-electron chi connectivity index (χ4n) is 9.04. The molecule has 9 rings (SSSR count). The predicted molar refractivity (Wildman–Crippen MR) is 162 cm³/mol. The first-order chi connectivity index (χ1) is 19.8. The molecular formula is C37H33N3. The van der Waals surface area contributed by atoms with E-state index in [0.717, 1.165) is 41.8 Å². The molecule has 3 nitrogen and oxygen atoms in total. The fourth-order valence-corrected chi connectivity index (χ4v) is 9.04. The fraction of sp³-hybridized carbons (Fsp3) is 0.324. The molecular weight excluding hydrogens is 486 g/mol. The van der Waals surface area contributed by atoms with Crippen LogP contribution >= 0.6 is 0 Å². The molecule has 6 aliphatic rings. The van der Waals surface area contributed by atoms with Crippen LogP contribution in [0.15, 0.2) is 97.1 Å². The quantitative estimate of drug-likeness (QED) is 0.352. The summed E-state index contributed by atoms with van der Waals surface area (Å²) in [4.78, 5) is 2.49. The minimum Gasteiger partial charge on any atom is -0.356 e. The maximum atomic E-state index is 9.92. The summed E-state index contributed by atoms with van der Waals surface area (Å²) in [5.41, 5.74) is 9.17. The van der Waals surface area contributed by atoms with Crippen LogP contribution in [0.4, 0.5) is 5.69 Å². The number of allylic oxidation sites excluding steroid dienone is 6. The lowest BCUT2D eigenvalue weighted by Crippen LogP contribution is -2.37. The van der Waals surface area contributed by atoms with Crippen molar-refractivity contribution in [2.75, 3.05) is 4.90 Å². The Morgan fingerprint density at radius 2 is 1.73 bits per heavy atom. The van der Waals surface area contributed by atoms with Gasteiger partial charge in [0.2, 0.25) is 0 Å². The van der Waals surface area contributed by atoms with Crippen molar-refractivity contribution in [1.29, 1.82) is 5.26 Å². The average Bonchev–Trinajstić information content (AvgIpc) is 3.38. The van der Waals surface area contributed by atoms with Gasteiger partial charge in [0.1, 0.15) is 6.07 Å². The monoisotopic (exact) mass is 519 g/mol. The van der Waals surface area contributed by atoms with Crippen LogP contribution in [0.1, 0.15) is 42.5 Å². The summed E-state index contributed by atoms with van der Waals surface area (Å²) in [6.07, 6.45) is 25.5. The van der Waals surface area contributed by atoms with Gasteiger partial charge >= 0.3 is 0 Å². The zero-order valence-corrected chi connectivity index (χ0v) is 22.7. The maximum Gasteiger partial charge on any atom is 0.101 e. The van der Waals surface area contributed by atoms with Crippen molar-refractivity contribution in [2.45, 2.75) is 44.2 Å². The van der Waals surface area contributed by atoms with Crippen LogP contribution in [0.5, 0.6) is 0 Å². The normalized spacial score (nSPS) is 32.7. The highest BCUT2D eigenvalue weighted by Crippen LogP contribution is 2.60. The van der Waals surface area contributed by atoms with Gasteiger partial charge in [-0.2, -0.15) is 5.26 Å². The summed E-state index contributed by atoms with van der Waals surface area (Å²) < 4.78 is 2.60. The number of benzene rings is 2. The minimum absolute atomic E-state index is 0.221. The van der Waals surface area contributed by atoms with E-state index in [9.17, 15) is 5.26 Å². The Bertz CT molecular complexity index is 1750. The van der Waals surface area contributed by atoms with Crippen molar-refractivity contribution in [1.82, 2.24) is 4.57 Å². The highest BCUT2D eigenvalue weighted by molar-refractivity contribution is 5.99. The Balaban J connectivity index is 1.18. The van der Waals surface area contributed by atoms with Gasteiger partial charge in [-0.3, -0.25) is 0 Å². The van der Waals surface area contributed by atoms with Crippen molar-refractivity contribution in [3.63, 3.8) is 0 Å². The van der Waals surface area contributed by atoms with Crippen LogP contribution in [0.25, 0.3) is 22.2 Å². The van der Waals surface area contributed by atoms with Crippen LogP contribution in [0.2, 0.25) is 0 Å². The zero-order chi connectivity index (χ0) is 26.4. The molecule has 0 bridgehead atoms. The molecule has 2 aromatic carbocycles. The number of nitriles is 1. The molecule has 40 heavy (non-hydrogen) atoms. The number of para-hydroxylation sites is 2. The number of rotatable bonds is 3. The molecule has 0 radical (unpaired) electrons. The van der Waals surface area contributed by atoms with E-state index in [2.05, 4.69) is 101 Å². The standard InChI is InChI=1S/C37H33N3/c38-22-24-8-1-4-12-32(24)40-33-13-5-2-9-27(33)31-21-25(17-19-35(31)40)39-34-14-6-3-10-29(34)37-28(11-7-15-36(37)39)26-18-16-23-20-30(23)26/h1-6,8-14,17,19,21,23,26-27,30-31,33,35H,7,15-16,18,20H2. The third-order valence-corrected chi connectivity index (χ3v) is 10.8. The summed E-state index contributed by atoms with van der Waals surface area (Å²) in [7, 11) is 0. The van der Waals surface area contributed by atoms with Gasteiger partial charge in [-0.05, 0) is 79.7 Å². The van der Waals surface area contributed by atoms with Crippen molar-refractivity contribution >= 4 is 27.9 Å². The molecule has 3 aromatic rings. The average molecular weight is 520 g/mol. The smallest absolute Gasteiger partial charge is 0.101 e. The zero-order valence-electron chi connectivity index (χ0n) is 22.7. The molecule has 7 atom stereocenters. The van der Waals surface area contributed by atoms with Gasteiger partial charge in [0.05, 0.1) is 28.9 Å². The van der Waals surface area contributed by atoms with Crippen molar-refractivity contribution in [2.24, 2.45) is 29.6 Å². The van der Waals surface area contributed by atoms with Gasteiger partial charge in [0, 0.05) is 34.2 Å². The number of hydrogen-bond donors (Lipinski definition) is 0. The summed E-state index contributed by atoms with van der Waals surface area (Å²) in [5, 5.41) is 11.4. The lowest BCUT2D eigenvalue weighted by molar-refractivity contribution is 0.526. The molecule has 0 amide bonds. The number of nitrogens with zero attached hydrogens (tertiary/aromatic N) is 3. The van der Waals surface area contributed by atoms with E-state index < -0.39 is 0 Å². The van der Waals surface area contributed by atoms with Gasteiger partial charge < -0.3 is 9.47 Å². The van der Waals surface area contributed by atoms with Gasteiger partial charge in [-0.25, -0.2) is 0 Å². The Morgan fingerprint density at radius 1 is 0.875 bits per heavy atom. The lowest BCUT2D eigenvalue weighted by Gasteiger charge is -2.33. The molecule has 1 aliphatic heterocycles. The van der Waals surface area contributed by atoms with Gasteiger partial charge in [-0.1, -0.05) is 72.9 Å². The lowest BCUT2D eigenvalue weighted by atomic mass is 9.82. The second-order valence-electron chi connectivity index (χ2n) is 12.6. The summed E-state index contributed by atoms with van der Waals surface area (Å²) in [5.74, 6) is 3.40. The predicted octanol–water partition coefficient (Wildman–Crippen LogP) is 7.92. The highest BCUT2D eigenvalue weighted by Gasteiger charge is 2.50. The Hall–Kier alpha value is -4.03. The number of anilines is 1. The van der Waals surface area contributed by atoms with Crippen LogP contribution in [-0.2, 0) is 6.42 Å². The molecule has 2 heterocycles. The topological polar surface area (TPSA) is 32.0 Å². The second kappa shape index (κ2) is 8.48. The molecule has 3 heteroatoms. The second-order valence-corrected chi connectivity index (χ2v) is 12.6. The molecule has 0 spiro atoms. The van der Waals surface area contributed by atoms with Crippen LogP contribution in [0, 0.1) is 40.9 Å². The van der Waals surface area contributed by atoms with Crippen molar-refractivity contribution in [3.05, 3.63) is 114 Å². The molecule has 1 aromatic heterocycles. The molecule has 196 valence electrons. The summed E-state index contributed by atoms with van der Waals surface area (Å²) in [6.45, 7) is 0. The third kappa shape index (κ3) is 3.11. The summed E-state index contributed by atoms with van der Waals surface area (Å²) in [6, 6.07) is 20.1. The molecule has 0 N–H and O–H groups in total. The van der Waals surface area contributed by atoms with Crippen LogP contribution < -0.4 is 4.90 Å². The van der Waals surface area contributed by atoms with E-state index in [1.807, 2.05) is 12.1 Å². The molecule has 1 saturated heterocycles. The van der Waals surface area contributed by atoms with E-state index >= 15 is 0 Å². The van der Waals surface area contributed by atoms with E-state index in [0.29, 0.717) is 11.8 Å². The Morgan fingerprint density at radius 3 is 2.60 bits per heavy atom. The van der Waals surface area contributed by atoms with Gasteiger partial charge in [-0.15, -0.1) is 0 Å². The van der Waals surface area contributed by atoms with Crippen molar-refractivity contribution < 1.29 is 0 Å². The van der Waals surface area contributed by atoms with Crippen LogP contribution in [0.3, 0.4) is 0 Å². The van der Waals surface area contributed by atoms with E-state index in [4.69, 9.17) is 0 Å². The van der Waals surface area contributed by atoms with E-state index in [1.165, 1.54) is 41.6 Å². The number of aromatic nitrogens is 1. The molecule has 7 unspecified atom stereocenters. The third-order valence-electron chi connectivity index (χ3n) is 10.8. The highest BCUT2D eigenvalue weighted by atomic mass is 15.2.